The summed E-state index contributed by atoms with van der Waals surface area (Å²) in [5.41, 5.74) is 13.0. The highest BCUT2D eigenvalue weighted by Crippen LogP contribution is 2.44. The molecule has 0 fully saturated rings. The van der Waals surface area contributed by atoms with E-state index in [1.807, 2.05) is 11.3 Å². The fourth-order valence-electron chi connectivity index (χ4n) is 8.76. The standard InChI is InChI=1S/C48H40N2S/c1-30-18-20-32(21-19-30)33-10-9-11-34(27-33)41-29-48(49-43-15-6-3-12-37(41)43)50-44-16-7-4-13-38(44)39-24-23-36(31(2)26-45(39)50)35-22-25-47-42(28-35)40-14-5-8-17-46(40)51-47/h3-18,20-25,27-31,36,48-49H,19,26H2,1-2H3. The predicted octanol–water partition coefficient (Wildman–Crippen LogP) is 13.0. The topological polar surface area (TPSA) is 17.0 Å². The van der Waals surface area contributed by atoms with Crippen molar-refractivity contribution in [3.8, 4) is 0 Å². The molecule has 2 aromatic heterocycles. The van der Waals surface area contributed by atoms with Gasteiger partial charge in [0.05, 0.1) is 5.52 Å². The lowest BCUT2D eigenvalue weighted by molar-refractivity contribution is 0.502. The number of hydrogen-bond donors (Lipinski definition) is 1. The molecule has 1 N–H and O–H groups in total. The van der Waals surface area contributed by atoms with Crippen molar-refractivity contribution < 1.29 is 0 Å². The third-order valence-corrected chi connectivity index (χ3v) is 12.5. The number of thiophene rings is 1. The Morgan fingerprint density at radius 2 is 1.51 bits per heavy atom. The Morgan fingerprint density at radius 1 is 0.706 bits per heavy atom. The summed E-state index contributed by atoms with van der Waals surface area (Å²) >= 11 is 1.89. The maximum Gasteiger partial charge on any atom is 0.124 e. The Bertz CT molecular complexity index is 2620. The van der Waals surface area contributed by atoms with E-state index in [1.165, 1.54) is 81.4 Å². The van der Waals surface area contributed by atoms with Crippen molar-refractivity contribution >= 4 is 65.3 Å². The lowest BCUT2D eigenvalue weighted by Gasteiger charge is -2.31. The number of fused-ring (bicyclic) bond motifs is 7. The van der Waals surface area contributed by atoms with Crippen molar-refractivity contribution in [2.24, 2.45) is 11.8 Å². The maximum atomic E-state index is 3.98. The summed E-state index contributed by atoms with van der Waals surface area (Å²) in [5, 5.41) is 8.04. The van der Waals surface area contributed by atoms with E-state index in [1.54, 1.807) is 0 Å². The number of para-hydroxylation sites is 2. The number of nitrogens with zero attached hydrogens (tertiary/aromatic N) is 1. The van der Waals surface area contributed by atoms with Crippen molar-refractivity contribution in [3.05, 3.63) is 179 Å². The molecule has 1 aliphatic heterocycles. The minimum atomic E-state index is -0.0347. The minimum absolute atomic E-state index is 0.0347. The second kappa shape index (κ2) is 12.1. The molecule has 7 aromatic rings. The van der Waals surface area contributed by atoms with E-state index in [0.717, 1.165) is 12.8 Å². The Labute approximate surface area is 303 Å². The highest BCUT2D eigenvalue weighted by molar-refractivity contribution is 7.25. The zero-order valence-corrected chi connectivity index (χ0v) is 29.8. The van der Waals surface area contributed by atoms with E-state index in [-0.39, 0.29) is 6.17 Å². The molecule has 0 bridgehead atoms. The number of rotatable bonds is 4. The van der Waals surface area contributed by atoms with Gasteiger partial charge in [-0.25, -0.2) is 0 Å². The third-order valence-electron chi connectivity index (χ3n) is 11.4. The van der Waals surface area contributed by atoms with E-state index in [0.29, 0.717) is 17.8 Å². The molecule has 0 spiro atoms. The van der Waals surface area contributed by atoms with Gasteiger partial charge in [0.15, 0.2) is 0 Å². The van der Waals surface area contributed by atoms with Crippen molar-refractivity contribution in [2.45, 2.75) is 38.8 Å². The first-order chi connectivity index (χ1) is 25.1. The highest BCUT2D eigenvalue weighted by Gasteiger charge is 2.30. The third kappa shape index (κ3) is 5.14. The van der Waals surface area contributed by atoms with E-state index < -0.39 is 0 Å². The SMILES string of the molecule is CC1C=CC(c2cccc(C3=CC(n4c5c(c6ccccc64)C=CC(c4ccc6sc7ccccc7c6c4)C(C)C5)Nc4ccccc43)c2)=CC1. The van der Waals surface area contributed by atoms with Crippen LogP contribution in [0.15, 0.2) is 146 Å². The minimum Gasteiger partial charge on any atom is -0.361 e. The summed E-state index contributed by atoms with van der Waals surface area (Å²) in [6.07, 6.45) is 16.4. The van der Waals surface area contributed by atoms with E-state index in [9.17, 15) is 0 Å². The van der Waals surface area contributed by atoms with Gasteiger partial charge in [0.1, 0.15) is 6.17 Å². The average Bonchev–Trinajstić information content (AvgIpc) is 3.63. The lowest BCUT2D eigenvalue weighted by Crippen LogP contribution is -2.23. The summed E-state index contributed by atoms with van der Waals surface area (Å²) in [6, 6.07) is 42.9. The summed E-state index contributed by atoms with van der Waals surface area (Å²) in [7, 11) is 0. The Balaban J connectivity index is 1.08. The number of hydrogen-bond acceptors (Lipinski definition) is 2. The number of allylic oxidation sites excluding steroid dienone is 5. The molecule has 0 radical (unpaired) electrons. The first kappa shape index (κ1) is 30.4. The Morgan fingerprint density at radius 3 is 2.41 bits per heavy atom. The van der Waals surface area contributed by atoms with Crippen LogP contribution in [0.1, 0.15) is 65.9 Å². The van der Waals surface area contributed by atoms with Crippen molar-refractivity contribution in [3.63, 3.8) is 0 Å². The molecular weight excluding hydrogens is 637 g/mol. The molecule has 0 saturated heterocycles. The van der Waals surface area contributed by atoms with Crippen LogP contribution < -0.4 is 5.32 Å². The molecular formula is C48H40N2S. The fourth-order valence-corrected chi connectivity index (χ4v) is 9.84. The quantitative estimate of drug-likeness (QED) is 0.196. The molecule has 248 valence electrons. The van der Waals surface area contributed by atoms with Crippen LogP contribution in [0.3, 0.4) is 0 Å². The van der Waals surface area contributed by atoms with Crippen LogP contribution in [0.25, 0.3) is 48.3 Å². The Kier molecular flexibility index (Phi) is 7.25. The van der Waals surface area contributed by atoms with Gasteiger partial charge in [-0.1, -0.05) is 123 Å². The van der Waals surface area contributed by atoms with Crippen LogP contribution in [0.5, 0.6) is 0 Å². The number of nitrogens with one attached hydrogen (secondary N) is 1. The summed E-state index contributed by atoms with van der Waals surface area (Å²) in [6.45, 7) is 4.72. The normalized spacial score (nSPS) is 21.2. The monoisotopic (exact) mass is 676 g/mol. The zero-order chi connectivity index (χ0) is 34.1. The largest absolute Gasteiger partial charge is 0.361 e. The van der Waals surface area contributed by atoms with Gasteiger partial charge in [-0.3, -0.25) is 0 Å². The maximum absolute atomic E-state index is 3.98. The van der Waals surface area contributed by atoms with Crippen LogP contribution in [-0.2, 0) is 6.42 Å². The van der Waals surface area contributed by atoms with Crippen LogP contribution in [0, 0.1) is 11.8 Å². The first-order valence-electron chi connectivity index (χ1n) is 18.4. The van der Waals surface area contributed by atoms with E-state index in [4.69, 9.17) is 0 Å². The summed E-state index contributed by atoms with van der Waals surface area (Å²) < 4.78 is 5.32. The van der Waals surface area contributed by atoms with E-state index >= 15 is 0 Å². The fraction of sp³-hybridized carbons (Fsp3) is 0.167. The number of benzene rings is 5. The van der Waals surface area contributed by atoms with Gasteiger partial charge in [-0.2, -0.15) is 0 Å². The average molecular weight is 677 g/mol. The van der Waals surface area contributed by atoms with Gasteiger partial charge in [-0.05, 0) is 95.0 Å². The van der Waals surface area contributed by atoms with Gasteiger partial charge in [0.2, 0.25) is 0 Å². The summed E-state index contributed by atoms with van der Waals surface area (Å²) in [5.74, 6) is 1.34. The molecule has 2 nitrogen and oxygen atoms in total. The van der Waals surface area contributed by atoms with Gasteiger partial charge >= 0.3 is 0 Å². The molecule has 0 amide bonds. The predicted molar refractivity (Wildman–Crippen MR) is 219 cm³/mol. The van der Waals surface area contributed by atoms with Gasteiger partial charge in [-0.15, -0.1) is 11.3 Å². The molecule has 10 rings (SSSR count). The summed E-state index contributed by atoms with van der Waals surface area (Å²) in [4.78, 5) is 0. The highest BCUT2D eigenvalue weighted by atomic mass is 32.1. The van der Waals surface area contributed by atoms with Crippen molar-refractivity contribution in [1.29, 1.82) is 0 Å². The van der Waals surface area contributed by atoms with Gasteiger partial charge in [0.25, 0.3) is 0 Å². The lowest BCUT2D eigenvalue weighted by atomic mass is 9.85. The van der Waals surface area contributed by atoms with Crippen LogP contribution in [0.2, 0.25) is 0 Å². The van der Waals surface area contributed by atoms with Crippen molar-refractivity contribution in [1.82, 2.24) is 4.57 Å². The molecule has 3 heterocycles. The molecule has 4 atom stereocenters. The smallest absolute Gasteiger partial charge is 0.124 e. The van der Waals surface area contributed by atoms with Crippen LogP contribution in [-0.4, -0.2) is 4.57 Å². The molecule has 2 aliphatic carbocycles. The van der Waals surface area contributed by atoms with E-state index in [2.05, 4.69) is 175 Å². The molecule has 4 unspecified atom stereocenters. The number of anilines is 1. The van der Waals surface area contributed by atoms with Crippen LogP contribution >= 0.6 is 11.3 Å². The first-order valence-corrected chi connectivity index (χ1v) is 19.2. The van der Waals surface area contributed by atoms with Gasteiger partial charge in [0, 0.05) is 54.0 Å². The molecule has 51 heavy (non-hydrogen) atoms. The second-order valence-electron chi connectivity index (χ2n) is 14.7. The second-order valence-corrected chi connectivity index (χ2v) is 15.8. The molecule has 3 aliphatic rings. The van der Waals surface area contributed by atoms with Crippen LogP contribution in [0.4, 0.5) is 5.69 Å². The van der Waals surface area contributed by atoms with Crippen molar-refractivity contribution in [2.75, 3.05) is 5.32 Å². The van der Waals surface area contributed by atoms with Gasteiger partial charge < -0.3 is 9.88 Å². The zero-order valence-electron chi connectivity index (χ0n) is 29.0. The number of aromatic nitrogens is 1. The Hall–Kier alpha value is -5.38. The molecule has 0 saturated carbocycles. The molecule has 5 aromatic carbocycles. The molecule has 3 heteroatoms.